The maximum absolute atomic E-state index is 13.0. The van der Waals surface area contributed by atoms with Crippen LogP contribution in [0, 0.1) is 0 Å². The average molecular weight is 363 g/mol. The molecule has 1 aliphatic rings. The van der Waals surface area contributed by atoms with Crippen LogP contribution in [0.25, 0.3) is 11.3 Å². The second-order valence-corrected chi connectivity index (χ2v) is 7.00. The number of carbonyl (C=O) groups is 1. The van der Waals surface area contributed by atoms with Crippen LogP contribution >= 0.6 is 0 Å². The van der Waals surface area contributed by atoms with Gasteiger partial charge in [0.25, 0.3) is 5.91 Å². The SMILES string of the molecule is CC(C)c1cc(C(=O)N2Cc3c(-c4ccncc4)nc(N)nc3C2C)n[nH]1. The fourth-order valence-corrected chi connectivity index (χ4v) is 3.36. The smallest absolute Gasteiger partial charge is 0.275 e. The third-order valence-electron chi connectivity index (χ3n) is 4.90. The lowest BCUT2D eigenvalue weighted by Gasteiger charge is -2.20. The first-order valence-corrected chi connectivity index (χ1v) is 8.88. The Bertz CT molecular complexity index is 997. The van der Waals surface area contributed by atoms with Crippen molar-refractivity contribution in [1.82, 2.24) is 30.0 Å². The van der Waals surface area contributed by atoms with Crippen molar-refractivity contribution in [3.8, 4) is 11.3 Å². The van der Waals surface area contributed by atoms with Gasteiger partial charge in [-0.25, -0.2) is 9.97 Å². The summed E-state index contributed by atoms with van der Waals surface area (Å²) in [4.78, 5) is 27.7. The molecule has 0 fully saturated rings. The van der Waals surface area contributed by atoms with Gasteiger partial charge >= 0.3 is 0 Å². The normalized spacial score (nSPS) is 16.0. The third-order valence-corrected chi connectivity index (χ3v) is 4.90. The van der Waals surface area contributed by atoms with Gasteiger partial charge in [-0.1, -0.05) is 13.8 Å². The fraction of sp³-hybridized carbons (Fsp3) is 0.316. The minimum atomic E-state index is -0.211. The lowest BCUT2D eigenvalue weighted by atomic mass is 10.1. The highest BCUT2D eigenvalue weighted by Gasteiger charge is 2.36. The summed E-state index contributed by atoms with van der Waals surface area (Å²) in [6.45, 7) is 6.46. The van der Waals surface area contributed by atoms with E-state index in [1.807, 2.05) is 25.1 Å². The molecule has 0 aliphatic carbocycles. The molecule has 0 radical (unpaired) electrons. The summed E-state index contributed by atoms with van der Waals surface area (Å²) in [5.41, 5.74) is 10.6. The first kappa shape index (κ1) is 17.1. The van der Waals surface area contributed by atoms with Gasteiger partial charge in [-0.15, -0.1) is 0 Å². The maximum atomic E-state index is 13.0. The van der Waals surface area contributed by atoms with Gasteiger partial charge in [0.1, 0.15) is 5.69 Å². The van der Waals surface area contributed by atoms with E-state index in [1.165, 1.54) is 0 Å². The van der Waals surface area contributed by atoms with E-state index in [0.29, 0.717) is 12.2 Å². The molecular weight excluding hydrogens is 342 g/mol. The Morgan fingerprint density at radius 1 is 1.30 bits per heavy atom. The molecular formula is C19H21N7O. The quantitative estimate of drug-likeness (QED) is 0.739. The molecule has 4 heterocycles. The lowest BCUT2D eigenvalue weighted by Crippen LogP contribution is -2.28. The zero-order valence-corrected chi connectivity index (χ0v) is 15.5. The molecule has 3 N–H and O–H groups in total. The van der Waals surface area contributed by atoms with E-state index in [1.54, 1.807) is 17.3 Å². The number of rotatable bonds is 3. The predicted octanol–water partition coefficient (Wildman–Crippen LogP) is 2.68. The largest absolute Gasteiger partial charge is 0.368 e. The van der Waals surface area contributed by atoms with Crippen LogP contribution in [-0.2, 0) is 6.54 Å². The monoisotopic (exact) mass is 363 g/mol. The predicted molar refractivity (Wildman–Crippen MR) is 101 cm³/mol. The van der Waals surface area contributed by atoms with E-state index in [9.17, 15) is 4.79 Å². The summed E-state index contributed by atoms with van der Waals surface area (Å²) in [6, 6.07) is 5.35. The van der Waals surface area contributed by atoms with Crippen LogP contribution in [0.2, 0.25) is 0 Å². The molecule has 0 saturated heterocycles. The van der Waals surface area contributed by atoms with Crippen molar-refractivity contribution in [2.24, 2.45) is 0 Å². The van der Waals surface area contributed by atoms with Gasteiger partial charge in [0.2, 0.25) is 5.95 Å². The Kier molecular flexibility index (Phi) is 4.10. The fourth-order valence-electron chi connectivity index (χ4n) is 3.36. The van der Waals surface area contributed by atoms with Gasteiger partial charge < -0.3 is 10.6 Å². The van der Waals surface area contributed by atoms with E-state index in [4.69, 9.17) is 5.73 Å². The zero-order valence-electron chi connectivity index (χ0n) is 15.5. The number of nitrogen functional groups attached to an aromatic ring is 1. The van der Waals surface area contributed by atoms with Crippen molar-refractivity contribution in [2.75, 3.05) is 5.73 Å². The van der Waals surface area contributed by atoms with Crippen LogP contribution in [0.3, 0.4) is 0 Å². The topological polar surface area (TPSA) is 114 Å². The molecule has 4 rings (SSSR count). The molecule has 27 heavy (non-hydrogen) atoms. The summed E-state index contributed by atoms with van der Waals surface area (Å²) >= 11 is 0. The van der Waals surface area contributed by atoms with Crippen molar-refractivity contribution >= 4 is 11.9 Å². The molecule has 0 saturated carbocycles. The Morgan fingerprint density at radius 3 is 2.70 bits per heavy atom. The number of pyridine rings is 1. The van der Waals surface area contributed by atoms with Gasteiger partial charge in [-0.3, -0.25) is 14.9 Å². The highest BCUT2D eigenvalue weighted by atomic mass is 16.2. The zero-order chi connectivity index (χ0) is 19.1. The second kappa shape index (κ2) is 6.46. The number of aromatic amines is 1. The molecule has 0 spiro atoms. The minimum Gasteiger partial charge on any atom is -0.368 e. The van der Waals surface area contributed by atoms with Crippen LogP contribution in [-0.4, -0.2) is 36.0 Å². The summed E-state index contributed by atoms with van der Waals surface area (Å²) in [5.74, 6) is 0.336. The van der Waals surface area contributed by atoms with E-state index < -0.39 is 0 Å². The number of hydrogen-bond acceptors (Lipinski definition) is 6. The number of aromatic nitrogens is 5. The summed E-state index contributed by atoms with van der Waals surface area (Å²) in [7, 11) is 0. The number of nitrogens with two attached hydrogens (primary N) is 1. The number of fused-ring (bicyclic) bond motifs is 1. The molecule has 1 aliphatic heterocycles. The van der Waals surface area contributed by atoms with Crippen molar-refractivity contribution in [3.63, 3.8) is 0 Å². The van der Waals surface area contributed by atoms with E-state index >= 15 is 0 Å². The van der Waals surface area contributed by atoms with Crippen LogP contribution < -0.4 is 5.73 Å². The Labute approximate surface area is 156 Å². The van der Waals surface area contributed by atoms with Gasteiger partial charge in [-0.2, -0.15) is 5.10 Å². The molecule has 1 amide bonds. The van der Waals surface area contributed by atoms with Gasteiger partial charge in [0, 0.05) is 29.2 Å². The first-order chi connectivity index (χ1) is 13.0. The van der Waals surface area contributed by atoms with Gasteiger partial charge in [0.15, 0.2) is 0 Å². The van der Waals surface area contributed by atoms with Crippen LogP contribution in [0.1, 0.15) is 60.2 Å². The molecule has 3 aromatic heterocycles. The molecule has 0 bridgehead atoms. The summed E-state index contributed by atoms with van der Waals surface area (Å²) < 4.78 is 0. The van der Waals surface area contributed by atoms with Crippen LogP contribution in [0.15, 0.2) is 30.6 Å². The minimum absolute atomic E-state index is 0.136. The molecule has 0 aromatic carbocycles. The molecule has 1 unspecified atom stereocenters. The van der Waals surface area contributed by atoms with Crippen molar-refractivity contribution in [3.05, 3.63) is 53.2 Å². The van der Waals surface area contributed by atoms with Crippen molar-refractivity contribution in [1.29, 1.82) is 0 Å². The molecule has 1 atom stereocenters. The standard InChI is InChI=1S/C19H21N7O/c1-10(2)14-8-15(25-24-14)18(27)26-9-13-16(11(26)3)22-19(20)23-17(13)12-4-6-21-7-5-12/h4-8,10-11H,9H2,1-3H3,(H,24,25)(H2,20,22,23). The molecule has 8 nitrogen and oxygen atoms in total. The van der Waals surface area contributed by atoms with E-state index in [-0.39, 0.29) is 23.8 Å². The average Bonchev–Trinajstić information content (AvgIpc) is 3.27. The molecule has 3 aromatic rings. The van der Waals surface area contributed by atoms with E-state index in [2.05, 4.69) is 39.0 Å². The Balaban J connectivity index is 1.71. The number of nitrogens with zero attached hydrogens (tertiary/aromatic N) is 5. The first-order valence-electron chi connectivity index (χ1n) is 8.88. The molecule has 8 heteroatoms. The summed E-state index contributed by atoms with van der Waals surface area (Å²) in [6.07, 6.45) is 3.41. The second-order valence-electron chi connectivity index (χ2n) is 7.00. The number of H-pyrrole nitrogens is 1. The third kappa shape index (κ3) is 2.92. The Hall–Kier alpha value is -3.29. The lowest BCUT2D eigenvalue weighted by molar-refractivity contribution is 0.0697. The van der Waals surface area contributed by atoms with Gasteiger partial charge in [0.05, 0.1) is 24.0 Å². The van der Waals surface area contributed by atoms with Crippen molar-refractivity contribution < 1.29 is 4.79 Å². The number of nitrogens with one attached hydrogen (secondary N) is 1. The Morgan fingerprint density at radius 2 is 2.04 bits per heavy atom. The number of carbonyl (C=O) groups excluding carboxylic acids is 1. The molecule has 138 valence electrons. The van der Waals surface area contributed by atoms with Crippen molar-refractivity contribution in [2.45, 2.75) is 39.3 Å². The maximum Gasteiger partial charge on any atom is 0.275 e. The number of amides is 1. The number of anilines is 1. The highest BCUT2D eigenvalue weighted by molar-refractivity contribution is 5.93. The number of hydrogen-bond donors (Lipinski definition) is 2. The van der Waals surface area contributed by atoms with Crippen LogP contribution in [0.5, 0.6) is 0 Å². The summed E-state index contributed by atoms with van der Waals surface area (Å²) in [5, 5.41) is 7.13. The van der Waals surface area contributed by atoms with Crippen LogP contribution in [0.4, 0.5) is 5.95 Å². The van der Waals surface area contributed by atoms with E-state index in [0.717, 1.165) is 28.2 Å². The van der Waals surface area contributed by atoms with Gasteiger partial charge in [-0.05, 0) is 31.0 Å². The highest BCUT2D eigenvalue weighted by Crippen LogP contribution is 2.38.